The number of nitrogens with one attached hydrogen (secondary N) is 1. The SMILES string of the molecule is CC(C)n1cnc(C2CN(C(=O)c3ccccc3)c3ccc(C(=O)Nc4ccc(Cl)cc4)cc32)n1. The van der Waals surface area contributed by atoms with Gasteiger partial charge in [-0.2, -0.15) is 5.10 Å². The highest BCUT2D eigenvalue weighted by Crippen LogP contribution is 2.40. The van der Waals surface area contributed by atoms with Crippen LogP contribution in [0.25, 0.3) is 0 Å². The lowest BCUT2D eigenvalue weighted by atomic mass is 9.98. The number of carbonyl (C=O) groups is 2. The zero-order chi connectivity index (χ0) is 24.5. The van der Waals surface area contributed by atoms with E-state index in [2.05, 4.69) is 15.4 Å². The highest BCUT2D eigenvalue weighted by atomic mass is 35.5. The molecule has 176 valence electrons. The van der Waals surface area contributed by atoms with E-state index in [0.717, 1.165) is 11.3 Å². The third-order valence-corrected chi connectivity index (χ3v) is 6.31. The van der Waals surface area contributed by atoms with Gasteiger partial charge in [0, 0.05) is 40.1 Å². The Kier molecular flexibility index (Phi) is 6.09. The second-order valence-corrected chi connectivity index (χ2v) is 9.18. The maximum atomic E-state index is 13.4. The fourth-order valence-electron chi connectivity index (χ4n) is 4.18. The van der Waals surface area contributed by atoms with Gasteiger partial charge in [0.05, 0.1) is 5.92 Å². The van der Waals surface area contributed by atoms with Crippen LogP contribution in [0.1, 0.15) is 57.9 Å². The quantitative estimate of drug-likeness (QED) is 0.401. The molecule has 5 rings (SSSR count). The van der Waals surface area contributed by atoms with E-state index in [1.54, 1.807) is 58.4 Å². The summed E-state index contributed by atoms with van der Waals surface area (Å²) in [6, 6.07) is 21.7. The number of benzene rings is 3. The summed E-state index contributed by atoms with van der Waals surface area (Å²) in [4.78, 5) is 32.7. The first-order valence-electron chi connectivity index (χ1n) is 11.4. The molecule has 1 unspecified atom stereocenters. The van der Waals surface area contributed by atoms with Gasteiger partial charge in [0.1, 0.15) is 6.33 Å². The van der Waals surface area contributed by atoms with Crippen molar-refractivity contribution in [1.82, 2.24) is 14.8 Å². The van der Waals surface area contributed by atoms with Crippen LogP contribution < -0.4 is 10.2 Å². The number of rotatable bonds is 5. The van der Waals surface area contributed by atoms with E-state index in [1.807, 2.05) is 44.2 Å². The highest BCUT2D eigenvalue weighted by Gasteiger charge is 2.36. The predicted octanol–water partition coefficient (Wildman–Crippen LogP) is 5.56. The summed E-state index contributed by atoms with van der Waals surface area (Å²) in [7, 11) is 0. The largest absolute Gasteiger partial charge is 0.322 e. The van der Waals surface area contributed by atoms with Crippen molar-refractivity contribution < 1.29 is 9.59 Å². The molecule has 0 saturated heterocycles. The minimum atomic E-state index is -0.249. The fraction of sp³-hybridized carbons (Fsp3) is 0.185. The maximum absolute atomic E-state index is 13.4. The van der Waals surface area contributed by atoms with Crippen molar-refractivity contribution in [3.63, 3.8) is 0 Å². The topological polar surface area (TPSA) is 80.1 Å². The Bertz CT molecular complexity index is 1380. The third kappa shape index (κ3) is 4.55. The van der Waals surface area contributed by atoms with E-state index in [0.29, 0.717) is 34.2 Å². The molecule has 8 heteroatoms. The summed E-state index contributed by atoms with van der Waals surface area (Å²) < 4.78 is 1.80. The van der Waals surface area contributed by atoms with Crippen LogP contribution in [0.2, 0.25) is 5.02 Å². The lowest BCUT2D eigenvalue weighted by molar-refractivity contribution is 0.0987. The number of fused-ring (bicyclic) bond motifs is 1. The third-order valence-electron chi connectivity index (χ3n) is 6.06. The fourth-order valence-corrected chi connectivity index (χ4v) is 4.31. The van der Waals surface area contributed by atoms with E-state index in [1.165, 1.54) is 0 Å². The molecule has 1 aliphatic rings. The van der Waals surface area contributed by atoms with Gasteiger partial charge >= 0.3 is 0 Å². The molecule has 1 atom stereocenters. The Hall–Kier alpha value is -3.97. The molecular formula is C27H24ClN5O2. The van der Waals surface area contributed by atoms with Crippen LogP contribution in [0.15, 0.2) is 79.1 Å². The highest BCUT2D eigenvalue weighted by molar-refractivity contribution is 6.30. The molecular weight excluding hydrogens is 462 g/mol. The molecule has 0 fully saturated rings. The first-order chi connectivity index (χ1) is 16.9. The normalized spacial score (nSPS) is 14.7. The Balaban J connectivity index is 1.51. The molecule has 2 heterocycles. The number of hydrogen-bond acceptors (Lipinski definition) is 4. The van der Waals surface area contributed by atoms with Crippen molar-refractivity contribution in [3.8, 4) is 0 Å². The Labute approximate surface area is 208 Å². The lowest BCUT2D eigenvalue weighted by Crippen LogP contribution is -2.30. The molecule has 0 saturated carbocycles. The van der Waals surface area contributed by atoms with Gasteiger partial charge in [-0.05, 0) is 74.0 Å². The van der Waals surface area contributed by atoms with Crippen LogP contribution in [-0.4, -0.2) is 33.1 Å². The smallest absolute Gasteiger partial charge is 0.258 e. The maximum Gasteiger partial charge on any atom is 0.258 e. The predicted molar refractivity (Wildman–Crippen MR) is 136 cm³/mol. The number of carbonyl (C=O) groups excluding carboxylic acids is 2. The molecule has 4 aromatic rings. The first kappa shape index (κ1) is 22.8. The monoisotopic (exact) mass is 485 g/mol. The van der Waals surface area contributed by atoms with E-state index >= 15 is 0 Å². The number of hydrogen-bond donors (Lipinski definition) is 1. The van der Waals surface area contributed by atoms with Crippen molar-refractivity contribution in [2.75, 3.05) is 16.8 Å². The summed E-state index contributed by atoms with van der Waals surface area (Å²) >= 11 is 5.95. The van der Waals surface area contributed by atoms with Gasteiger partial charge in [-0.15, -0.1) is 0 Å². The van der Waals surface area contributed by atoms with E-state index in [4.69, 9.17) is 11.6 Å². The second-order valence-electron chi connectivity index (χ2n) is 8.75. The van der Waals surface area contributed by atoms with Crippen LogP contribution in [0.5, 0.6) is 0 Å². The Morgan fingerprint density at radius 3 is 2.43 bits per heavy atom. The van der Waals surface area contributed by atoms with Gasteiger partial charge in [-0.25, -0.2) is 4.98 Å². The molecule has 0 bridgehead atoms. The zero-order valence-corrected chi connectivity index (χ0v) is 20.1. The summed E-state index contributed by atoms with van der Waals surface area (Å²) in [5.74, 6) is 0.0258. The molecule has 1 aliphatic heterocycles. The summed E-state index contributed by atoms with van der Waals surface area (Å²) in [6.45, 7) is 4.46. The minimum absolute atomic E-state index is 0.101. The van der Waals surface area contributed by atoms with Gasteiger partial charge in [-0.3, -0.25) is 14.3 Å². The Morgan fingerprint density at radius 1 is 1.00 bits per heavy atom. The Morgan fingerprint density at radius 2 is 1.74 bits per heavy atom. The molecule has 0 spiro atoms. The van der Waals surface area contributed by atoms with Gasteiger partial charge in [0.2, 0.25) is 0 Å². The molecule has 0 aliphatic carbocycles. The zero-order valence-electron chi connectivity index (χ0n) is 19.4. The van der Waals surface area contributed by atoms with E-state index < -0.39 is 0 Å². The molecule has 2 amide bonds. The number of nitrogens with zero attached hydrogens (tertiary/aromatic N) is 4. The summed E-state index contributed by atoms with van der Waals surface area (Å²) in [6.07, 6.45) is 1.71. The van der Waals surface area contributed by atoms with Crippen LogP contribution in [-0.2, 0) is 0 Å². The number of amides is 2. The van der Waals surface area contributed by atoms with Gasteiger partial charge in [0.15, 0.2) is 5.82 Å². The van der Waals surface area contributed by atoms with Crippen molar-refractivity contribution in [2.45, 2.75) is 25.8 Å². The number of halogens is 1. The molecule has 35 heavy (non-hydrogen) atoms. The van der Waals surface area contributed by atoms with Gasteiger partial charge < -0.3 is 10.2 Å². The van der Waals surface area contributed by atoms with Gasteiger partial charge in [0.25, 0.3) is 11.8 Å². The molecule has 1 N–H and O–H groups in total. The average molecular weight is 486 g/mol. The van der Waals surface area contributed by atoms with Gasteiger partial charge in [-0.1, -0.05) is 29.8 Å². The first-order valence-corrected chi connectivity index (χ1v) is 11.8. The van der Waals surface area contributed by atoms with Crippen LogP contribution >= 0.6 is 11.6 Å². The number of anilines is 2. The summed E-state index contributed by atoms with van der Waals surface area (Å²) in [5.41, 5.74) is 3.34. The molecule has 3 aromatic carbocycles. The van der Waals surface area contributed by atoms with Crippen LogP contribution in [0, 0.1) is 0 Å². The number of aromatic nitrogens is 3. The molecule has 1 aromatic heterocycles. The summed E-state index contributed by atoms with van der Waals surface area (Å²) in [5, 5.41) is 8.16. The van der Waals surface area contributed by atoms with Crippen molar-refractivity contribution in [1.29, 1.82) is 0 Å². The molecule has 7 nitrogen and oxygen atoms in total. The van der Waals surface area contributed by atoms with Crippen molar-refractivity contribution in [2.24, 2.45) is 0 Å². The van der Waals surface area contributed by atoms with Crippen molar-refractivity contribution in [3.05, 3.63) is 107 Å². The average Bonchev–Trinajstić information content (AvgIpc) is 3.50. The van der Waals surface area contributed by atoms with Crippen LogP contribution in [0.3, 0.4) is 0 Å². The second kappa shape index (κ2) is 9.35. The van der Waals surface area contributed by atoms with E-state index in [-0.39, 0.29) is 23.8 Å². The van der Waals surface area contributed by atoms with E-state index in [9.17, 15) is 9.59 Å². The lowest BCUT2D eigenvalue weighted by Gasteiger charge is -2.18. The standard InChI is InChI=1S/C27H24ClN5O2/c1-17(2)33-16-29-25(31-33)23-15-32(27(35)18-6-4-3-5-7-18)24-13-8-19(14-22(23)24)26(34)30-21-11-9-20(28)10-12-21/h3-14,16-17,23H,15H2,1-2H3,(H,30,34). The molecule has 0 radical (unpaired) electrons. The van der Waals surface area contributed by atoms with Crippen LogP contribution in [0.4, 0.5) is 11.4 Å². The minimum Gasteiger partial charge on any atom is -0.322 e. The van der Waals surface area contributed by atoms with Crippen molar-refractivity contribution >= 4 is 34.8 Å².